The van der Waals surface area contributed by atoms with Gasteiger partial charge in [0, 0.05) is 23.8 Å². The summed E-state index contributed by atoms with van der Waals surface area (Å²) in [5, 5.41) is 14.7. The number of hydrogen-bond acceptors (Lipinski definition) is 4. The van der Waals surface area contributed by atoms with E-state index in [4.69, 9.17) is 4.74 Å². The van der Waals surface area contributed by atoms with Gasteiger partial charge in [0.1, 0.15) is 11.9 Å². The van der Waals surface area contributed by atoms with Gasteiger partial charge in [0.25, 0.3) is 0 Å². The van der Waals surface area contributed by atoms with Crippen LogP contribution in [0.2, 0.25) is 0 Å². The van der Waals surface area contributed by atoms with Gasteiger partial charge >= 0.3 is 5.97 Å². The van der Waals surface area contributed by atoms with Crippen molar-refractivity contribution in [3.8, 4) is 0 Å². The molecule has 3 aromatic rings. The van der Waals surface area contributed by atoms with E-state index in [1.54, 1.807) is 18.3 Å². The number of aromatic nitrogens is 2. The molecule has 1 fully saturated rings. The molecule has 2 aromatic heterocycles. The van der Waals surface area contributed by atoms with E-state index in [1.165, 1.54) is 12.1 Å². The fraction of sp³-hybridized carbons (Fsp3) is 0.304. The lowest BCUT2D eigenvalue weighted by molar-refractivity contribution is -0.155. The molecular weight excluding hydrogens is 371 g/mol. The van der Waals surface area contributed by atoms with Gasteiger partial charge in [0.15, 0.2) is 0 Å². The molecule has 0 amide bonds. The highest BCUT2D eigenvalue weighted by Crippen LogP contribution is 2.36. The van der Waals surface area contributed by atoms with Crippen LogP contribution in [0.1, 0.15) is 49.3 Å². The van der Waals surface area contributed by atoms with Crippen LogP contribution in [-0.2, 0) is 9.53 Å². The number of aliphatic hydroxyl groups is 1. The van der Waals surface area contributed by atoms with Gasteiger partial charge in [-0.1, -0.05) is 26.0 Å². The Kier molecular flexibility index (Phi) is 5.20. The van der Waals surface area contributed by atoms with Crippen LogP contribution in [0.5, 0.6) is 0 Å². The molecule has 5 nitrogen and oxygen atoms in total. The predicted molar refractivity (Wildman–Crippen MR) is 109 cm³/mol. The van der Waals surface area contributed by atoms with E-state index in [9.17, 15) is 14.3 Å². The zero-order chi connectivity index (χ0) is 20.5. The fourth-order valence-corrected chi connectivity index (χ4v) is 3.90. The van der Waals surface area contributed by atoms with Crippen LogP contribution in [0.15, 0.2) is 48.8 Å². The number of cyclic esters (lactones) is 1. The van der Waals surface area contributed by atoms with E-state index >= 15 is 0 Å². The number of esters is 1. The second kappa shape index (κ2) is 7.79. The minimum atomic E-state index is -0.759. The highest BCUT2D eigenvalue weighted by Gasteiger charge is 2.32. The van der Waals surface area contributed by atoms with Crippen LogP contribution < -0.4 is 0 Å². The van der Waals surface area contributed by atoms with Gasteiger partial charge in [-0.3, -0.25) is 4.79 Å². The number of carbonyl (C=O) groups excluding carboxylic acids is 1. The number of nitrogens with zero attached hydrogens (tertiary/aromatic N) is 2. The maximum atomic E-state index is 13.4. The topological polar surface area (TPSA) is 63.8 Å². The molecule has 0 aliphatic carbocycles. The number of rotatable bonds is 4. The van der Waals surface area contributed by atoms with Crippen molar-refractivity contribution < 1.29 is 19.0 Å². The van der Waals surface area contributed by atoms with Crippen molar-refractivity contribution in [1.82, 2.24) is 9.61 Å². The lowest BCUT2D eigenvalue weighted by atomic mass is 9.87. The number of fused-ring (bicyclic) bond motifs is 1. The summed E-state index contributed by atoms with van der Waals surface area (Å²) in [6, 6.07) is 10.1. The first-order valence-electron chi connectivity index (χ1n) is 9.73. The smallest absolute Gasteiger partial charge is 0.309 e. The Balaban J connectivity index is 1.91. The average molecular weight is 394 g/mol. The normalized spacial score (nSPS) is 20.3. The third kappa shape index (κ3) is 3.93. The number of carbonyl (C=O) groups is 1. The largest absolute Gasteiger partial charge is 0.457 e. The lowest BCUT2D eigenvalue weighted by Gasteiger charge is -2.29. The molecule has 0 saturated carbocycles. The quantitative estimate of drug-likeness (QED) is 0.674. The number of aliphatic hydroxyl groups excluding tert-OH is 1. The van der Waals surface area contributed by atoms with Crippen molar-refractivity contribution in [2.24, 2.45) is 0 Å². The van der Waals surface area contributed by atoms with Gasteiger partial charge in [0.05, 0.1) is 24.2 Å². The second-order valence-corrected chi connectivity index (χ2v) is 7.69. The fourth-order valence-electron chi connectivity index (χ4n) is 3.90. The van der Waals surface area contributed by atoms with Gasteiger partial charge in [-0.2, -0.15) is 5.10 Å². The van der Waals surface area contributed by atoms with Crippen LogP contribution in [0.3, 0.4) is 0 Å². The summed E-state index contributed by atoms with van der Waals surface area (Å²) in [6.45, 7) is 4.20. The van der Waals surface area contributed by atoms with Crippen molar-refractivity contribution in [2.75, 3.05) is 0 Å². The highest BCUT2D eigenvalue weighted by molar-refractivity contribution is 5.88. The van der Waals surface area contributed by atoms with E-state index in [1.807, 2.05) is 28.9 Å². The summed E-state index contributed by atoms with van der Waals surface area (Å²) in [7, 11) is 0. The first-order valence-corrected chi connectivity index (χ1v) is 9.73. The molecule has 1 saturated heterocycles. The maximum Gasteiger partial charge on any atom is 0.309 e. The highest BCUT2D eigenvalue weighted by atomic mass is 19.1. The average Bonchev–Trinajstić information content (AvgIpc) is 3.14. The van der Waals surface area contributed by atoms with E-state index in [-0.39, 0.29) is 18.2 Å². The molecule has 2 atom stereocenters. The Labute approximate surface area is 168 Å². The van der Waals surface area contributed by atoms with Crippen molar-refractivity contribution in [2.45, 2.75) is 44.8 Å². The molecule has 0 spiro atoms. The summed E-state index contributed by atoms with van der Waals surface area (Å²) in [4.78, 5) is 12.0. The standard InChI is InChI=1S/C23H23FN2O3/c1-14(2)23-19(13-25-26-9-3-4-20(23)26)18(10-15-5-7-16(24)8-6-15)21-11-17(27)12-22(28)29-21/h3-10,13-14,17,21,27H,11-12H2,1-2H3. The molecule has 0 bridgehead atoms. The molecule has 1 aliphatic rings. The third-order valence-corrected chi connectivity index (χ3v) is 5.20. The minimum Gasteiger partial charge on any atom is -0.457 e. The molecule has 2 unspecified atom stereocenters. The number of hydrogen-bond donors (Lipinski definition) is 1. The van der Waals surface area contributed by atoms with Crippen LogP contribution in [0.4, 0.5) is 4.39 Å². The van der Waals surface area contributed by atoms with Gasteiger partial charge in [0.2, 0.25) is 0 Å². The Morgan fingerprint density at radius 3 is 2.76 bits per heavy atom. The molecule has 1 N–H and O–H groups in total. The number of benzene rings is 1. The molecule has 6 heteroatoms. The SMILES string of the molecule is CC(C)c1c(C(=Cc2ccc(F)cc2)C2CC(O)CC(=O)O2)cnn2cccc12. The maximum absolute atomic E-state index is 13.4. The molecular formula is C23H23FN2O3. The van der Waals surface area contributed by atoms with Crippen molar-refractivity contribution in [3.05, 3.63) is 71.3 Å². The van der Waals surface area contributed by atoms with Gasteiger partial charge in [-0.05, 0) is 47.4 Å². The summed E-state index contributed by atoms with van der Waals surface area (Å²) in [5.74, 6) is -0.560. The van der Waals surface area contributed by atoms with Gasteiger partial charge < -0.3 is 9.84 Å². The summed E-state index contributed by atoms with van der Waals surface area (Å²) in [6.07, 6.45) is 4.48. The van der Waals surface area contributed by atoms with E-state index in [0.717, 1.165) is 27.8 Å². The molecule has 3 heterocycles. The second-order valence-electron chi connectivity index (χ2n) is 7.69. The van der Waals surface area contributed by atoms with E-state index in [0.29, 0.717) is 6.42 Å². The molecule has 29 heavy (non-hydrogen) atoms. The monoisotopic (exact) mass is 394 g/mol. The third-order valence-electron chi connectivity index (χ3n) is 5.20. The molecule has 1 aromatic carbocycles. The number of ether oxygens (including phenoxy) is 1. The number of halogens is 1. The molecule has 4 rings (SSSR count). The first-order chi connectivity index (χ1) is 13.9. The van der Waals surface area contributed by atoms with Crippen LogP contribution in [0.25, 0.3) is 17.2 Å². The molecule has 1 aliphatic heterocycles. The minimum absolute atomic E-state index is 0.00659. The Morgan fingerprint density at radius 2 is 2.07 bits per heavy atom. The van der Waals surface area contributed by atoms with Crippen LogP contribution in [0, 0.1) is 5.82 Å². The predicted octanol–water partition coefficient (Wildman–Crippen LogP) is 4.20. The zero-order valence-electron chi connectivity index (χ0n) is 16.4. The summed E-state index contributed by atoms with van der Waals surface area (Å²) in [5.41, 5.74) is 4.45. The van der Waals surface area contributed by atoms with Gasteiger partial charge in [-0.25, -0.2) is 8.91 Å². The van der Waals surface area contributed by atoms with Gasteiger partial charge in [-0.15, -0.1) is 0 Å². The molecule has 150 valence electrons. The Bertz CT molecular complexity index is 1070. The van der Waals surface area contributed by atoms with Crippen LogP contribution in [-0.4, -0.2) is 32.9 Å². The molecule has 0 radical (unpaired) electrons. The van der Waals surface area contributed by atoms with Crippen molar-refractivity contribution >= 4 is 23.1 Å². The first kappa shape index (κ1) is 19.3. The summed E-state index contributed by atoms with van der Waals surface area (Å²) < 4.78 is 20.8. The van der Waals surface area contributed by atoms with Crippen molar-refractivity contribution in [1.29, 1.82) is 0 Å². The van der Waals surface area contributed by atoms with E-state index in [2.05, 4.69) is 18.9 Å². The van der Waals surface area contributed by atoms with E-state index < -0.39 is 18.2 Å². The van der Waals surface area contributed by atoms with Crippen molar-refractivity contribution in [3.63, 3.8) is 0 Å². The Hall–Kier alpha value is -2.99. The summed E-state index contributed by atoms with van der Waals surface area (Å²) >= 11 is 0. The lowest BCUT2D eigenvalue weighted by Crippen LogP contribution is -2.33. The zero-order valence-corrected chi connectivity index (χ0v) is 16.4. The van der Waals surface area contributed by atoms with Crippen LogP contribution >= 0.6 is 0 Å². The Morgan fingerprint density at radius 1 is 1.31 bits per heavy atom.